The first-order valence-electron chi connectivity index (χ1n) is 5.22. The van der Waals surface area contributed by atoms with Gasteiger partial charge in [-0.3, -0.25) is 4.98 Å². The molecule has 90 valence electrons. The lowest BCUT2D eigenvalue weighted by molar-refractivity contribution is 0.559. The first-order valence-corrected chi connectivity index (χ1v) is 5.59. The van der Waals surface area contributed by atoms with Crippen LogP contribution in [0.15, 0.2) is 18.5 Å². The Morgan fingerprint density at radius 2 is 2.00 bits per heavy atom. The molecule has 0 saturated heterocycles. The predicted molar refractivity (Wildman–Crippen MR) is 67.3 cm³/mol. The highest BCUT2D eigenvalue weighted by Crippen LogP contribution is 2.24. The van der Waals surface area contributed by atoms with Gasteiger partial charge < -0.3 is 5.73 Å². The lowest BCUT2D eigenvalue weighted by Crippen LogP contribution is -2.13. The fourth-order valence-corrected chi connectivity index (χ4v) is 1.52. The molecule has 0 fully saturated rings. The number of hydrogen-bond acceptors (Lipinski definition) is 4. The number of hydrogen-bond donors (Lipinski definition) is 1. The molecule has 0 aliphatic carbocycles. The van der Waals surface area contributed by atoms with Crippen molar-refractivity contribution in [2.24, 2.45) is 0 Å². The quantitative estimate of drug-likeness (QED) is 0.844. The lowest BCUT2D eigenvalue weighted by atomic mass is 9.92. The van der Waals surface area contributed by atoms with Crippen LogP contribution in [0.25, 0.3) is 5.82 Å². The number of nitrogens with zero attached hydrogens (tertiary/aromatic N) is 4. The third-order valence-corrected chi connectivity index (χ3v) is 2.50. The van der Waals surface area contributed by atoms with E-state index in [1.54, 1.807) is 10.9 Å². The highest BCUT2D eigenvalue weighted by molar-refractivity contribution is 6.29. The number of aromatic nitrogens is 4. The number of rotatable bonds is 1. The van der Waals surface area contributed by atoms with Crippen LogP contribution in [-0.4, -0.2) is 19.7 Å². The number of nitrogens with two attached hydrogens (primary N) is 1. The Balaban J connectivity index is 2.50. The van der Waals surface area contributed by atoms with Crippen molar-refractivity contribution in [3.05, 3.63) is 29.3 Å². The fraction of sp³-hybridized carbons (Fsp3) is 0.364. The molecule has 0 spiro atoms. The summed E-state index contributed by atoms with van der Waals surface area (Å²) in [5.41, 5.74) is 6.75. The van der Waals surface area contributed by atoms with Crippen molar-refractivity contribution in [3.8, 4) is 5.82 Å². The molecule has 0 radical (unpaired) electrons. The van der Waals surface area contributed by atoms with Gasteiger partial charge in [0.25, 0.3) is 0 Å². The average Bonchev–Trinajstić information content (AvgIpc) is 2.60. The van der Waals surface area contributed by atoms with Crippen molar-refractivity contribution in [2.45, 2.75) is 26.2 Å². The van der Waals surface area contributed by atoms with Gasteiger partial charge in [0.1, 0.15) is 11.0 Å². The van der Waals surface area contributed by atoms with E-state index in [0.717, 1.165) is 5.69 Å². The molecule has 0 saturated carbocycles. The van der Waals surface area contributed by atoms with Crippen molar-refractivity contribution in [3.63, 3.8) is 0 Å². The van der Waals surface area contributed by atoms with Gasteiger partial charge in [-0.1, -0.05) is 32.4 Å². The van der Waals surface area contributed by atoms with Gasteiger partial charge >= 0.3 is 0 Å². The summed E-state index contributed by atoms with van der Waals surface area (Å²) in [7, 11) is 0. The van der Waals surface area contributed by atoms with Gasteiger partial charge in [-0.2, -0.15) is 9.78 Å². The molecule has 5 nitrogen and oxygen atoms in total. The van der Waals surface area contributed by atoms with E-state index in [9.17, 15) is 0 Å². The first-order chi connectivity index (χ1) is 7.88. The molecule has 0 aliphatic heterocycles. The Hall–Kier alpha value is -1.62. The topological polar surface area (TPSA) is 69.6 Å². The second kappa shape index (κ2) is 4.00. The molecule has 0 aromatic carbocycles. The zero-order chi connectivity index (χ0) is 12.6. The number of halogens is 1. The Kier molecular flexibility index (Phi) is 2.79. The SMILES string of the molecule is CC(C)(C)c1cc(N)n(-c2cncc(Cl)n2)n1. The van der Waals surface area contributed by atoms with E-state index < -0.39 is 0 Å². The summed E-state index contributed by atoms with van der Waals surface area (Å²) in [4.78, 5) is 8.09. The van der Waals surface area contributed by atoms with Crippen LogP contribution in [0, 0.1) is 0 Å². The predicted octanol–water partition coefficient (Wildman–Crippen LogP) is 2.20. The van der Waals surface area contributed by atoms with Gasteiger partial charge in [0, 0.05) is 11.5 Å². The van der Waals surface area contributed by atoms with Crippen LogP contribution in [0.2, 0.25) is 5.15 Å². The number of nitrogen functional groups attached to an aromatic ring is 1. The van der Waals surface area contributed by atoms with Crippen molar-refractivity contribution in [1.82, 2.24) is 19.7 Å². The maximum Gasteiger partial charge on any atom is 0.175 e. The van der Waals surface area contributed by atoms with Crippen LogP contribution < -0.4 is 5.73 Å². The normalized spacial score (nSPS) is 11.8. The Morgan fingerprint density at radius 3 is 2.53 bits per heavy atom. The van der Waals surface area contributed by atoms with Crippen LogP contribution in [0.5, 0.6) is 0 Å². The van der Waals surface area contributed by atoms with Gasteiger partial charge in [0.15, 0.2) is 5.82 Å². The van der Waals surface area contributed by atoms with Gasteiger partial charge in [-0.25, -0.2) is 4.98 Å². The summed E-state index contributed by atoms with van der Waals surface area (Å²) in [6, 6.07) is 1.84. The molecule has 2 heterocycles. The highest BCUT2D eigenvalue weighted by atomic mass is 35.5. The Labute approximate surface area is 105 Å². The molecule has 6 heteroatoms. The van der Waals surface area contributed by atoms with Crippen LogP contribution in [0.3, 0.4) is 0 Å². The van der Waals surface area contributed by atoms with Crippen LogP contribution in [0.1, 0.15) is 26.5 Å². The molecule has 2 rings (SSSR count). The summed E-state index contributed by atoms with van der Waals surface area (Å²) in [5, 5.41) is 4.74. The molecule has 2 N–H and O–H groups in total. The van der Waals surface area contributed by atoms with E-state index in [-0.39, 0.29) is 5.41 Å². The molecule has 0 aliphatic rings. The summed E-state index contributed by atoms with van der Waals surface area (Å²) < 4.78 is 1.54. The standard InChI is InChI=1S/C11H14ClN5/c1-11(2,3)7-4-9(13)17(16-7)10-6-14-5-8(12)15-10/h4-6H,13H2,1-3H3. The minimum absolute atomic E-state index is 0.0641. The van der Waals surface area contributed by atoms with Gasteiger partial charge in [-0.05, 0) is 0 Å². The molecule has 0 amide bonds. The monoisotopic (exact) mass is 251 g/mol. The minimum atomic E-state index is -0.0641. The van der Waals surface area contributed by atoms with Gasteiger partial charge in [0.05, 0.1) is 18.1 Å². The summed E-state index contributed by atoms with van der Waals surface area (Å²) in [6.07, 6.45) is 3.04. The van der Waals surface area contributed by atoms with E-state index in [1.807, 2.05) is 6.07 Å². The van der Waals surface area contributed by atoms with E-state index in [1.165, 1.54) is 6.20 Å². The van der Waals surface area contributed by atoms with Crippen LogP contribution in [0.4, 0.5) is 5.82 Å². The summed E-state index contributed by atoms with van der Waals surface area (Å²) in [6.45, 7) is 6.22. The third-order valence-electron chi connectivity index (χ3n) is 2.31. The largest absolute Gasteiger partial charge is 0.384 e. The van der Waals surface area contributed by atoms with Crippen molar-refractivity contribution in [2.75, 3.05) is 5.73 Å². The smallest absolute Gasteiger partial charge is 0.175 e. The molecular formula is C11H14ClN5. The van der Waals surface area contributed by atoms with Crippen LogP contribution in [-0.2, 0) is 5.41 Å². The molecule has 0 atom stereocenters. The van der Waals surface area contributed by atoms with E-state index in [4.69, 9.17) is 17.3 Å². The molecule has 17 heavy (non-hydrogen) atoms. The maximum atomic E-state index is 5.91. The second-order valence-corrected chi connectivity index (χ2v) is 5.20. The molecule has 2 aromatic rings. The van der Waals surface area contributed by atoms with E-state index in [0.29, 0.717) is 16.8 Å². The minimum Gasteiger partial charge on any atom is -0.384 e. The fourth-order valence-electron chi connectivity index (χ4n) is 1.38. The second-order valence-electron chi connectivity index (χ2n) is 4.82. The van der Waals surface area contributed by atoms with Gasteiger partial charge in [-0.15, -0.1) is 0 Å². The van der Waals surface area contributed by atoms with E-state index >= 15 is 0 Å². The van der Waals surface area contributed by atoms with Gasteiger partial charge in [0.2, 0.25) is 0 Å². The maximum absolute atomic E-state index is 5.91. The lowest BCUT2D eigenvalue weighted by Gasteiger charge is -2.13. The van der Waals surface area contributed by atoms with Crippen molar-refractivity contribution >= 4 is 17.4 Å². The third kappa shape index (κ3) is 2.39. The summed E-state index contributed by atoms with van der Waals surface area (Å²) >= 11 is 5.79. The van der Waals surface area contributed by atoms with E-state index in [2.05, 4.69) is 35.8 Å². The Bertz CT molecular complexity index is 541. The molecule has 0 unspecified atom stereocenters. The van der Waals surface area contributed by atoms with Crippen molar-refractivity contribution in [1.29, 1.82) is 0 Å². The number of anilines is 1. The molecule has 0 bridgehead atoms. The zero-order valence-corrected chi connectivity index (χ0v) is 10.7. The van der Waals surface area contributed by atoms with Crippen LogP contribution >= 0.6 is 11.6 Å². The molecule has 2 aromatic heterocycles. The van der Waals surface area contributed by atoms with Crippen molar-refractivity contribution < 1.29 is 0 Å². The Morgan fingerprint density at radius 1 is 1.29 bits per heavy atom. The molecular weight excluding hydrogens is 238 g/mol. The average molecular weight is 252 g/mol. The summed E-state index contributed by atoms with van der Waals surface area (Å²) in [5.74, 6) is 1.04. The first kappa shape index (κ1) is 11.9. The zero-order valence-electron chi connectivity index (χ0n) is 9.98. The highest BCUT2D eigenvalue weighted by Gasteiger charge is 2.19.